The summed E-state index contributed by atoms with van der Waals surface area (Å²) in [7, 11) is 1.57. The molecule has 3 N–H and O–H groups in total. The van der Waals surface area contributed by atoms with Crippen LogP contribution in [-0.4, -0.2) is 28.8 Å². The summed E-state index contributed by atoms with van der Waals surface area (Å²) in [6.45, 7) is 0. The zero-order valence-electron chi connectivity index (χ0n) is 15.6. The molecule has 2 heterocycles. The van der Waals surface area contributed by atoms with Crippen molar-refractivity contribution < 1.29 is 14.3 Å². The fourth-order valence-corrected chi connectivity index (χ4v) is 2.93. The van der Waals surface area contributed by atoms with Gasteiger partial charge in [0.1, 0.15) is 11.4 Å². The minimum absolute atomic E-state index is 0.203. The van der Waals surface area contributed by atoms with Crippen LogP contribution in [0.4, 0.5) is 5.69 Å². The maximum atomic E-state index is 12.8. The Labute approximate surface area is 166 Å². The minimum Gasteiger partial charge on any atom is -0.455 e. The van der Waals surface area contributed by atoms with E-state index in [0.29, 0.717) is 28.4 Å². The molecule has 0 bridgehead atoms. The highest BCUT2D eigenvalue weighted by Crippen LogP contribution is 2.26. The van der Waals surface area contributed by atoms with Crippen molar-refractivity contribution in [2.75, 3.05) is 12.4 Å². The molecule has 0 unspecified atom stereocenters. The summed E-state index contributed by atoms with van der Waals surface area (Å²) in [5.74, 6) is 0.455. The molecule has 0 saturated heterocycles. The van der Waals surface area contributed by atoms with Crippen molar-refractivity contribution in [1.29, 1.82) is 0 Å². The first-order chi connectivity index (χ1) is 14.1. The third kappa shape index (κ3) is 3.93. The van der Waals surface area contributed by atoms with Crippen molar-refractivity contribution >= 4 is 28.4 Å². The Morgan fingerprint density at radius 1 is 1.00 bits per heavy atom. The highest BCUT2D eigenvalue weighted by Gasteiger charge is 2.15. The molecule has 0 saturated carbocycles. The monoisotopic (exact) mass is 386 g/mol. The highest BCUT2D eigenvalue weighted by atomic mass is 16.5. The SMILES string of the molecule is CNC(=O)c1cc2cc(NC(=O)c3ccncc3Oc3ccccc3)ccc2[nH]1. The van der Waals surface area contributed by atoms with Crippen LogP contribution in [0.25, 0.3) is 10.9 Å². The number of hydrogen-bond donors (Lipinski definition) is 3. The van der Waals surface area contributed by atoms with Crippen molar-refractivity contribution in [2.45, 2.75) is 0 Å². The number of rotatable bonds is 5. The zero-order chi connectivity index (χ0) is 20.2. The highest BCUT2D eigenvalue weighted by molar-refractivity contribution is 6.07. The van der Waals surface area contributed by atoms with Gasteiger partial charge in [-0.15, -0.1) is 0 Å². The van der Waals surface area contributed by atoms with Gasteiger partial charge in [-0.3, -0.25) is 14.6 Å². The van der Waals surface area contributed by atoms with Gasteiger partial charge < -0.3 is 20.4 Å². The Morgan fingerprint density at radius 2 is 1.83 bits per heavy atom. The summed E-state index contributed by atoms with van der Waals surface area (Å²) < 4.78 is 5.81. The third-order valence-corrected chi connectivity index (χ3v) is 4.35. The van der Waals surface area contributed by atoms with E-state index in [9.17, 15) is 9.59 Å². The Morgan fingerprint density at radius 3 is 2.62 bits per heavy atom. The van der Waals surface area contributed by atoms with Gasteiger partial charge in [-0.25, -0.2) is 0 Å². The largest absolute Gasteiger partial charge is 0.455 e. The van der Waals surface area contributed by atoms with E-state index in [-0.39, 0.29) is 11.8 Å². The molecular weight excluding hydrogens is 368 g/mol. The van der Waals surface area contributed by atoms with E-state index in [1.54, 1.807) is 43.4 Å². The number of carbonyl (C=O) groups excluding carboxylic acids is 2. The number of benzene rings is 2. The lowest BCUT2D eigenvalue weighted by Crippen LogP contribution is -2.17. The van der Waals surface area contributed by atoms with Crippen LogP contribution in [0.15, 0.2) is 73.1 Å². The Bertz CT molecular complexity index is 1190. The number of nitrogens with zero attached hydrogens (tertiary/aromatic N) is 1. The molecule has 7 heteroatoms. The molecule has 0 atom stereocenters. The van der Waals surface area contributed by atoms with Crippen LogP contribution in [0.1, 0.15) is 20.8 Å². The topological polar surface area (TPSA) is 96.1 Å². The van der Waals surface area contributed by atoms with Crippen molar-refractivity contribution in [2.24, 2.45) is 0 Å². The van der Waals surface area contributed by atoms with Crippen LogP contribution in [0.5, 0.6) is 11.5 Å². The second kappa shape index (κ2) is 7.85. The van der Waals surface area contributed by atoms with E-state index in [4.69, 9.17) is 4.74 Å². The Kier molecular flexibility index (Phi) is 4.94. The van der Waals surface area contributed by atoms with E-state index in [1.807, 2.05) is 24.3 Å². The lowest BCUT2D eigenvalue weighted by Gasteiger charge is -2.11. The first kappa shape index (κ1) is 18.2. The van der Waals surface area contributed by atoms with Crippen molar-refractivity contribution in [3.8, 4) is 11.5 Å². The molecule has 144 valence electrons. The van der Waals surface area contributed by atoms with Crippen molar-refractivity contribution in [3.63, 3.8) is 0 Å². The lowest BCUT2D eigenvalue weighted by atomic mass is 10.2. The number of H-pyrrole nitrogens is 1. The number of amides is 2. The normalized spacial score (nSPS) is 10.5. The number of anilines is 1. The van der Waals surface area contributed by atoms with Crippen LogP contribution in [0.3, 0.4) is 0 Å². The van der Waals surface area contributed by atoms with E-state index >= 15 is 0 Å². The summed E-state index contributed by atoms with van der Waals surface area (Å²) in [4.78, 5) is 31.7. The Hall–Kier alpha value is -4.13. The van der Waals surface area contributed by atoms with E-state index in [2.05, 4.69) is 20.6 Å². The van der Waals surface area contributed by atoms with Crippen LogP contribution >= 0.6 is 0 Å². The fourth-order valence-electron chi connectivity index (χ4n) is 2.93. The Balaban J connectivity index is 1.57. The molecule has 0 fully saturated rings. The van der Waals surface area contributed by atoms with Gasteiger partial charge in [-0.2, -0.15) is 0 Å². The predicted molar refractivity (Wildman–Crippen MR) is 110 cm³/mol. The summed E-state index contributed by atoms with van der Waals surface area (Å²) in [5, 5.41) is 6.26. The lowest BCUT2D eigenvalue weighted by molar-refractivity contribution is 0.0958. The molecule has 0 radical (unpaired) electrons. The molecule has 2 amide bonds. The van der Waals surface area contributed by atoms with Gasteiger partial charge in [0.05, 0.1) is 11.8 Å². The number of nitrogens with one attached hydrogen (secondary N) is 3. The maximum absolute atomic E-state index is 12.8. The average molecular weight is 386 g/mol. The standard InChI is InChI=1S/C22H18N4O3/c1-23-22(28)19-12-14-11-15(7-8-18(14)26-19)25-21(27)17-9-10-24-13-20(17)29-16-5-3-2-4-6-16/h2-13,26H,1H3,(H,23,28)(H,25,27). The average Bonchev–Trinajstić information content (AvgIpc) is 3.17. The summed E-state index contributed by atoms with van der Waals surface area (Å²) in [6.07, 6.45) is 3.05. The molecule has 0 aliphatic heterocycles. The first-order valence-corrected chi connectivity index (χ1v) is 8.97. The predicted octanol–water partition coefficient (Wildman–Crippen LogP) is 3.97. The third-order valence-electron chi connectivity index (χ3n) is 4.35. The van der Waals surface area contributed by atoms with Gasteiger partial charge in [0, 0.05) is 29.8 Å². The molecule has 4 rings (SSSR count). The molecule has 0 spiro atoms. The molecule has 4 aromatic rings. The summed E-state index contributed by atoms with van der Waals surface area (Å²) >= 11 is 0. The molecule has 2 aromatic heterocycles. The summed E-state index contributed by atoms with van der Waals surface area (Å²) in [6, 6.07) is 17.9. The van der Waals surface area contributed by atoms with Crippen LogP contribution in [-0.2, 0) is 0 Å². The summed E-state index contributed by atoms with van der Waals surface area (Å²) in [5.41, 5.74) is 2.23. The van der Waals surface area contributed by atoms with Gasteiger partial charge in [-0.1, -0.05) is 18.2 Å². The quantitative estimate of drug-likeness (QED) is 0.484. The second-order valence-corrected chi connectivity index (χ2v) is 6.31. The van der Waals surface area contributed by atoms with Gasteiger partial charge in [0.2, 0.25) is 0 Å². The van der Waals surface area contributed by atoms with Gasteiger partial charge in [0.15, 0.2) is 5.75 Å². The molecule has 7 nitrogen and oxygen atoms in total. The maximum Gasteiger partial charge on any atom is 0.267 e. The van der Waals surface area contributed by atoms with Crippen LogP contribution in [0, 0.1) is 0 Å². The van der Waals surface area contributed by atoms with Gasteiger partial charge >= 0.3 is 0 Å². The van der Waals surface area contributed by atoms with Crippen molar-refractivity contribution in [1.82, 2.24) is 15.3 Å². The molecule has 29 heavy (non-hydrogen) atoms. The van der Waals surface area contributed by atoms with Gasteiger partial charge in [0.25, 0.3) is 11.8 Å². The number of para-hydroxylation sites is 1. The number of fused-ring (bicyclic) bond motifs is 1. The number of aromatic nitrogens is 2. The molecule has 2 aromatic carbocycles. The van der Waals surface area contributed by atoms with Crippen LogP contribution in [0.2, 0.25) is 0 Å². The van der Waals surface area contributed by atoms with E-state index in [1.165, 1.54) is 12.4 Å². The molecular formula is C22H18N4O3. The number of ether oxygens (including phenoxy) is 1. The smallest absolute Gasteiger partial charge is 0.267 e. The molecule has 0 aliphatic rings. The van der Waals surface area contributed by atoms with Crippen LogP contribution < -0.4 is 15.4 Å². The number of aromatic amines is 1. The first-order valence-electron chi connectivity index (χ1n) is 8.97. The second-order valence-electron chi connectivity index (χ2n) is 6.31. The fraction of sp³-hybridized carbons (Fsp3) is 0.0455. The van der Waals surface area contributed by atoms with Gasteiger partial charge in [-0.05, 0) is 42.5 Å². The molecule has 0 aliphatic carbocycles. The number of carbonyl (C=O) groups is 2. The van der Waals surface area contributed by atoms with E-state index in [0.717, 1.165) is 10.9 Å². The number of hydrogen-bond acceptors (Lipinski definition) is 4. The number of pyridine rings is 1. The van der Waals surface area contributed by atoms with E-state index < -0.39 is 0 Å². The minimum atomic E-state index is -0.320. The zero-order valence-corrected chi connectivity index (χ0v) is 15.6. The van der Waals surface area contributed by atoms with Crippen molar-refractivity contribution in [3.05, 3.63) is 84.3 Å².